The summed E-state index contributed by atoms with van der Waals surface area (Å²) in [5.74, 6) is -0.0660. The van der Waals surface area contributed by atoms with Crippen LogP contribution in [0.3, 0.4) is 0 Å². The molecular formula is C19H24N2O3S. The molecule has 0 aliphatic heterocycles. The summed E-state index contributed by atoms with van der Waals surface area (Å²) in [6.07, 6.45) is -0.539. The van der Waals surface area contributed by atoms with Gasteiger partial charge in [0, 0.05) is 22.7 Å². The Morgan fingerprint density at radius 2 is 1.96 bits per heavy atom. The molecular weight excluding hydrogens is 336 g/mol. The fourth-order valence-corrected chi connectivity index (χ4v) is 2.97. The molecule has 0 saturated heterocycles. The molecule has 0 spiro atoms. The van der Waals surface area contributed by atoms with Gasteiger partial charge in [-0.25, -0.2) is 4.79 Å². The number of rotatable bonds is 5. The predicted octanol–water partition coefficient (Wildman–Crippen LogP) is 4.76. The highest BCUT2D eigenvalue weighted by molar-refractivity contribution is 7.09. The van der Waals surface area contributed by atoms with Crippen LogP contribution in [0.25, 0.3) is 0 Å². The molecule has 0 aliphatic rings. The van der Waals surface area contributed by atoms with Gasteiger partial charge < -0.3 is 9.64 Å². The van der Waals surface area contributed by atoms with Crippen molar-refractivity contribution in [2.45, 2.75) is 39.8 Å². The summed E-state index contributed by atoms with van der Waals surface area (Å²) in [6, 6.07) is 10.9. The van der Waals surface area contributed by atoms with E-state index in [1.807, 2.05) is 24.4 Å². The number of nitrogens with one attached hydrogen (secondary N) is 1. The SMILES string of the molecule is CCN(Cc1cccs1)C(=O)c1cccc(NC(=O)OC(C)(C)C)c1. The molecule has 2 rings (SSSR count). The first kappa shape index (κ1) is 19.0. The summed E-state index contributed by atoms with van der Waals surface area (Å²) < 4.78 is 5.24. The van der Waals surface area contributed by atoms with Crippen molar-refractivity contribution in [3.05, 3.63) is 52.2 Å². The molecule has 0 unspecified atom stereocenters. The van der Waals surface area contributed by atoms with Gasteiger partial charge in [-0.15, -0.1) is 11.3 Å². The largest absolute Gasteiger partial charge is 0.444 e. The van der Waals surface area contributed by atoms with Gasteiger partial charge in [-0.05, 0) is 57.3 Å². The van der Waals surface area contributed by atoms with Crippen molar-refractivity contribution in [2.24, 2.45) is 0 Å². The maximum absolute atomic E-state index is 12.8. The van der Waals surface area contributed by atoms with Crippen molar-refractivity contribution in [1.82, 2.24) is 4.90 Å². The monoisotopic (exact) mass is 360 g/mol. The van der Waals surface area contributed by atoms with Crippen molar-refractivity contribution in [3.63, 3.8) is 0 Å². The van der Waals surface area contributed by atoms with Crippen molar-refractivity contribution in [1.29, 1.82) is 0 Å². The molecule has 2 aromatic rings. The van der Waals surface area contributed by atoms with Crippen LogP contribution in [0, 0.1) is 0 Å². The molecule has 0 fully saturated rings. The lowest BCUT2D eigenvalue weighted by molar-refractivity contribution is 0.0634. The highest BCUT2D eigenvalue weighted by atomic mass is 32.1. The fraction of sp³-hybridized carbons (Fsp3) is 0.368. The Kier molecular flexibility index (Phi) is 6.20. The van der Waals surface area contributed by atoms with Gasteiger partial charge in [-0.3, -0.25) is 10.1 Å². The first-order valence-corrected chi connectivity index (χ1v) is 9.08. The van der Waals surface area contributed by atoms with Gasteiger partial charge in [0.2, 0.25) is 0 Å². The molecule has 1 aromatic carbocycles. The van der Waals surface area contributed by atoms with E-state index in [2.05, 4.69) is 5.32 Å². The molecule has 0 aliphatic carbocycles. The number of amides is 2. The Hall–Kier alpha value is -2.34. The molecule has 0 saturated carbocycles. The maximum Gasteiger partial charge on any atom is 0.412 e. The van der Waals surface area contributed by atoms with Crippen LogP contribution in [0.4, 0.5) is 10.5 Å². The summed E-state index contributed by atoms with van der Waals surface area (Å²) in [5.41, 5.74) is 0.497. The van der Waals surface area contributed by atoms with E-state index in [0.717, 1.165) is 4.88 Å². The minimum atomic E-state index is -0.572. The second-order valence-corrected chi connectivity index (χ2v) is 7.64. The number of carbonyl (C=O) groups excluding carboxylic acids is 2. The lowest BCUT2D eigenvalue weighted by atomic mass is 10.1. The fourth-order valence-electron chi connectivity index (χ4n) is 2.25. The zero-order valence-corrected chi connectivity index (χ0v) is 15.9. The zero-order valence-electron chi connectivity index (χ0n) is 15.0. The van der Waals surface area contributed by atoms with Crippen molar-refractivity contribution >= 4 is 29.0 Å². The number of benzene rings is 1. The first-order valence-electron chi connectivity index (χ1n) is 8.20. The van der Waals surface area contributed by atoms with Crippen molar-refractivity contribution in [2.75, 3.05) is 11.9 Å². The second kappa shape index (κ2) is 8.16. The van der Waals surface area contributed by atoms with Crippen LogP contribution < -0.4 is 5.32 Å². The Morgan fingerprint density at radius 1 is 1.20 bits per heavy atom. The van der Waals surface area contributed by atoms with Gasteiger partial charge in [-0.1, -0.05) is 12.1 Å². The Morgan fingerprint density at radius 3 is 2.56 bits per heavy atom. The summed E-state index contributed by atoms with van der Waals surface area (Å²) >= 11 is 1.63. The Balaban J connectivity index is 2.08. The smallest absolute Gasteiger partial charge is 0.412 e. The lowest BCUT2D eigenvalue weighted by Crippen LogP contribution is -2.30. The molecule has 1 aromatic heterocycles. The summed E-state index contributed by atoms with van der Waals surface area (Å²) in [5, 5.41) is 4.67. The molecule has 1 heterocycles. The topological polar surface area (TPSA) is 58.6 Å². The van der Waals surface area contributed by atoms with Crippen LogP contribution in [-0.4, -0.2) is 29.0 Å². The highest BCUT2D eigenvalue weighted by Crippen LogP contribution is 2.17. The standard InChI is InChI=1S/C19H24N2O3S/c1-5-21(13-16-10-7-11-25-16)17(22)14-8-6-9-15(12-14)20-18(23)24-19(2,3)4/h6-12H,5,13H2,1-4H3,(H,20,23). The first-order chi connectivity index (χ1) is 11.8. The van der Waals surface area contributed by atoms with E-state index < -0.39 is 11.7 Å². The highest BCUT2D eigenvalue weighted by Gasteiger charge is 2.18. The average molecular weight is 360 g/mol. The summed E-state index contributed by atoms with van der Waals surface area (Å²) in [6.45, 7) is 8.55. The molecule has 5 nitrogen and oxygen atoms in total. The number of anilines is 1. The van der Waals surface area contributed by atoms with Crippen LogP contribution in [0.15, 0.2) is 41.8 Å². The average Bonchev–Trinajstić information content (AvgIpc) is 3.03. The molecule has 25 heavy (non-hydrogen) atoms. The van der Waals surface area contributed by atoms with Gasteiger partial charge in [0.15, 0.2) is 0 Å². The van der Waals surface area contributed by atoms with E-state index in [4.69, 9.17) is 4.74 Å². The third-order valence-corrected chi connectivity index (χ3v) is 4.21. The van der Waals surface area contributed by atoms with Gasteiger partial charge in [0.1, 0.15) is 5.60 Å². The number of hydrogen-bond donors (Lipinski definition) is 1. The zero-order chi connectivity index (χ0) is 18.4. The third kappa shape index (κ3) is 5.90. The molecule has 0 bridgehead atoms. The van der Waals surface area contributed by atoms with Crippen molar-refractivity contribution in [3.8, 4) is 0 Å². The van der Waals surface area contributed by atoms with Crippen LogP contribution >= 0.6 is 11.3 Å². The van der Waals surface area contributed by atoms with Crippen LogP contribution in [0.5, 0.6) is 0 Å². The van der Waals surface area contributed by atoms with Gasteiger partial charge in [0.05, 0.1) is 6.54 Å². The van der Waals surface area contributed by atoms with Gasteiger partial charge >= 0.3 is 6.09 Å². The molecule has 0 atom stereocenters. The molecule has 0 radical (unpaired) electrons. The number of ether oxygens (including phenoxy) is 1. The van der Waals surface area contributed by atoms with E-state index >= 15 is 0 Å². The van der Waals surface area contributed by atoms with E-state index in [1.165, 1.54) is 0 Å². The second-order valence-electron chi connectivity index (χ2n) is 6.61. The number of carbonyl (C=O) groups is 2. The quantitative estimate of drug-likeness (QED) is 0.836. The van der Waals surface area contributed by atoms with Gasteiger partial charge in [-0.2, -0.15) is 0 Å². The minimum Gasteiger partial charge on any atom is -0.444 e. The number of hydrogen-bond acceptors (Lipinski definition) is 4. The van der Waals surface area contributed by atoms with E-state index in [0.29, 0.717) is 24.3 Å². The third-order valence-electron chi connectivity index (χ3n) is 3.35. The summed E-state index contributed by atoms with van der Waals surface area (Å²) in [7, 11) is 0. The molecule has 6 heteroatoms. The maximum atomic E-state index is 12.8. The number of thiophene rings is 1. The molecule has 1 N–H and O–H groups in total. The number of nitrogens with zero attached hydrogens (tertiary/aromatic N) is 1. The Labute approximate surface area is 152 Å². The van der Waals surface area contributed by atoms with E-state index in [1.54, 1.807) is 61.3 Å². The van der Waals surface area contributed by atoms with E-state index in [-0.39, 0.29) is 5.91 Å². The predicted molar refractivity (Wildman–Crippen MR) is 101 cm³/mol. The lowest BCUT2D eigenvalue weighted by Gasteiger charge is -2.21. The minimum absolute atomic E-state index is 0.0660. The van der Waals surface area contributed by atoms with Crippen LogP contribution in [-0.2, 0) is 11.3 Å². The van der Waals surface area contributed by atoms with Crippen LogP contribution in [0.2, 0.25) is 0 Å². The Bertz CT molecular complexity index is 721. The molecule has 134 valence electrons. The van der Waals surface area contributed by atoms with E-state index in [9.17, 15) is 9.59 Å². The normalized spacial score (nSPS) is 11.0. The molecule has 2 amide bonds. The van der Waals surface area contributed by atoms with Crippen molar-refractivity contribution < 1.29 is 14.3 Å². The van der Waals surface area contributed by atoms with Gasteiger partial charge in [0.25, 0.3) is 5.91 Å². The summed E-state index contributed by atoms with van der Waals surface area (Å²) in [4.78, 5) is 27.6. The van der Waals surface area contributed by atoms with Crippen LogP contribution in [0.1, 0.15) is 42.9 Å².